The van der Waals surface area contributed by atoms with Crippen molar-refractivity contribution >= 4 is 23.0 Å². The van der Waals surface area contributed by atoms with Crippen LogP contribution >= 0.6 is 0 Å². The van der Waals surface area contributed by atoms with Gasteiger partial charge >= 0.3 is 6.09 Å². The number of carbonyl (C=O) groups excluding carboxylic acids is 2. The normalized spacial score (nSPS) is 20.8. The summed E-state index contributed by atoms with van der Waals surface area (Å²) in [5, 5.41) is 12.8. The molecule has 0 aromatic carbocycles. The van der Waals surface area contributed by atoms with Crippen LogP contribution in [0.1, 0.15) is 37.6 Å². The van der Waals surface area contributed by atoms with Crippen molar-refractivity contribution in [3.05, 3.63) is 30.1 Å². The molecule has 0 aliphatic carbocycles. The number of carbonyl (C=O) groups is 2. The number of fused-ring (bicyclic) bond motifs is 1. The molecule has 1 aliphatic heterocycles. The highest BCUT2D eigenvalue weighted by Gasteiger charge is 2.28. The number of pyridine rings is 1. The van der Waals surface area contributed by atoms with Crippen molar-refractivity contribution in [2.45, 2.75) is 44.9 Å². The molecule has 26 heavy (non-hydrogen) atoms. The number of ether oxygens (including phenoxy) is 2. The van der Waals surface area contributed by atoms with Gasteiger partial charge in [0.15, 0.2) is 0 Å². The number of aromatic nitrogens is 2. The molecule has 0 saturated carbocycles. The van der Waals surface area contributed by atoms with E-state index < -0.39 is 29.7 Å². The van der Waals surface area contributed by atoms with E-state index in [2.05, 4.69) is 10.3 Å². The Morgan fingerprint density at radius 1 is 1.42 bits per heavy atom. The smallest absolute Gasteiger partial charge is 0.419 e. The van der Waals surface area contributed by atoms with Crippen LogP contribution in [0, 0.1) is 0 Å². The van der Waals surface area contributed by atoms with Crippen molar-refractivity contribution in [3.63, 3.8) is 0 Å². The van der Waals surface area contributed by atoms with E-state index >= 15 is 0 Å². The Labute approximate surface area is 151 Å². The summed E-state index contributed by atoms with van der Waals surface area (Å²) in [6.07, 6.45) is 2.15. The maximum Gasteiger partial charge on any atom is 0.419 e. The molecule has 140 valence electrons. The third-order valence-corrected chi connectivity index (χ3v) is 4.04. The van der Waals surface area contributed by atoms with E-state index in [0.29, 0.717) is 24.1 Å². The van der Waals surface area contributed by atoms with Crippen LogP contribution < -0.4 is 5.32 Å². The molecule has 0 bridgehead atoms. The summed E-state index contributed by atoms with van der Waals surface area (Å²) in [5.41, 5.74) is 0.479. The molecule has 3 rings (SSSR count). The fourth-order valence-corrected chi connectivity index (χ4v) is 2.82. The fraction of sp³-hybridized carbons (Fsp3) is 0.500. The van der Waals surface area contributed by atoms with Crippen molar-refractivity contribution in [2.75, 3.05) is 13.2 Å². The average molecular weight is 361 g/mol. The second-order valence-electron chi connectivity index (χ2n) is 7.28. The molecular weight excluding hydrogens is 338 g/mol. The summed E-state index contributed by atoms with van der Waals surface area (Å²) < 4.78 is 11.9. The Bertz CT molecular complexity index is 824. The molecule has 1 aliphatic rings. The summed E-state index contributed by atoms with van der Waals surface area (Å²) in [6.45, 7) is 5.97. The van der Waals surface area contributed by atoms with E-state index in [1.807, 2.05) is 0 Å². The topological polar surface area (TPSA) is 103 Å². The highest BCUT2D eigenvalue weighted by Crippen LogP contribution is 2.21. The van der Waals surface area contributed by atoms with Crippen LogP contribution in [0.4, 0.5) is 4.79 Å². The monoisotopic (exact) mass is 361 g/mol. The minimum Gasteiger partial charge on any atom is -0.443 e. The second kappa shape index (κ2) is 7.05. The van der Waals surface area contributed by atoms with Gasteiger partial charge in [-0.25, -0.2) is 4.79 Å². The lowest BCUT2D eigenvalue weighted by atomic mass is 10.1. The van der Waals surface area contributed by atoms with Crippen LogP contribution in [-0.4, -0.2) is 57.6 Å². The Morgan fingerprint density at radius 3 is 2.88 bits per heavy atom. The molecular formula is C18H23N3O5. The zero-order valence-corrected chi connectivity index (χ0v) is 15.1. The van der Waals surface area contributed by atoms with Crippen LogP contribution in [0.25, 0.3) is 11.0 Å². The molecule has 8 nitrogen and oxygen atoms in total. The van der Waals surface area contributed by atoms with Gasteiger partial charge in [0, 0.05) is 19.0 Å². The van der Waals surface area contributed by atoms with E-state index in [1.165, 1.54) is 10.8 Å². The SMILES string of the molecule is CC(C)(C)OC(=O)n1cc(C(=O)NC2CCOC[C@@H]2O)c2ncccc21. The summed E-state index contributed by atoms with van der Waals surface area (Å²) in [7, 11) is 0. The summed E-state index contributed by atoms with van der Waals surface area (Å²) >= 11 is 0. The summed E-state index contributed by atoms with van der Waals surface area (Å²) in [4.78, 5) is 29.4. The zero-order valence-electron chi connectivity index (χ0n) is 15.1. The van der Waals surface area contributed by atoms with E-state index in [4.69, 9.17) is 9.47 Å². The van der Waals surface area contributed by atoms with Crippen molar-refractivity contribution in [2.24, 2.45) is 0 Å². The van der Waals surface area contributed by atoms with Gasteiger partial charge in [0.25, 0.3) is 5.91 Å². The molecule has 2 aromatic heterocycles. The Hall–Kier alpha value is -2.45. The lowest BCUT2D eigenvalue weighted by Crippen LogP contribution is -2.48. The van der Waals surface area contributed by atoms with Crippen LogP contribution in [0.2, 0.25) is 0 Å². The van der Waals surface area contributed by atoms with E-state index in [9.17, 15) is 14.7 Å². The van der Waals surface area contributed by atoms with Crippen LogP contribution in [0.3, 0.4) is 0 Å². The van der Waals surface area contributed by atoms with Gasteiger partial charge in [0.2, 0.25) is 0 Å². The molecule has 2 aromatic rings. The second-order valence-corrected chi connectivity index (χ2v) is 7.28. The molecule has 8 heteroatoms. The molecule has 3 heterocycles. The molecule has 1 fully saturated rings. The molecule has 1 unspecified atom stereocenters. The van der Waals surface area contributed by atoms with Gasteiger partial charge in [-0.15, -0.1) is 0 Å². The van der Waals surface area contributed by atoms with Gasteiger partial charge in [0.05, 0.1) is 29.8 Å². The lowest BCUT2D eigenvalue weighted by molar-refractivity contribution is -0.0260. The number of hydrogen-bond acceptors (Lipinski definition) is 6. The first kappa shape index (κ1) is 18.3. The predicted octanol–water partition coefficient (Wildman–Crippen LogP) is 1.70. The zero-order chi connectivity index (χ0) is 18.9. The van der Waals surface area contributed by atoms with Crippen LogP contribution in [0.15, 0.2) is 24.5 Å². The van der Waals surface area contributed by atoms with Crippen molar-refractivity contribution in [1.82, 2.24) is 14.9 Å². The van der Waals surface area contributed by atoms with E-state index in [0.717, 1.165) is 0 Å². The molecule has 1 amide bonds. The highest BCUT2D eigenvalue weighted by atomic mass is 16.6. The Kier molecular flexibility index (Phi) is 4.97. The van der Waals surface area contributed by atoms with Gasteiger partial charge in [-0.05, 0) is 39.3 Å². The van der Waals surface area contributed by atoms with Crippen molar-refractivity contribution in [1.29, 1.82) is 0 Å². The quantitative estimate of drug-likeness (QED) is 0.844. The van der Waals surface area contributed by atoms with E-state index in [1.54, 1.807) is 39.1 Å². The maximum absolute atomic E-state index is 12.7. The number of aliphatic hydroxyl groups is 1. The average Bonchev–Trinajstić information content (AvgIpc) is 2.95. The standard InChI is InChI=1S/C18H23N3O5/c1-18(2,3)26-17(24)21-9-11(15-13(21)5-4-7-19-15)16(23)20-12-6-8-25-10-14(12)22/h4-5,7,9,12,14,22H,6,8,10H2,1-3H3,(H,20,23)/t12?,14-/m0/s1. The van der Waals surface area contributed by atoms with Crippen molar-refractivity contribution in [3.8, 4) is 0 Å². The molecule has 2 N–H and O–H groups in total. The molecule has 1 saturated heterocycles. The Balaban J connectivity index is 1.91. The van der Waals surface area contributed by atoms with Gasteiger partial charge in [0.1, 0.15) is 11.1 Å². The number of aliphatic hydroxyl groups excluding tert-OH is 1. The first-order chi connectivity index (χ1) is 12.3. The number of nitrogens with zero attached hydrogens (tertiary/aromatic N) is 2. The largest absolute Gasteiger partial charge is 0.443 e. The number of amides is 1. The minimum absolute atomic E-state index is 0.183. The number of rotatable bonds is 2. The highest BCUT2D eigenvalue weighted by molar-refractivity contribution is 6.07. The first-order valence-electron chi connectivity index (χ1n) is 8.52. The Morgan fingerprint density at radius 2 is 2.19 bits per heavy atom. The van der Waals surface area contributed by atoms with Crippen LogP contribution in [0.5, 0.6) is 0 Å². The van der Waals surface area contributed by atoms with Gasteiger partial charge in [-0.3, -0.25) is 14.3 Å². The van der Waals surface area contributed by atoms with Crippen LogP contribution in [-0.2, 0) is 9.47 Å². The third kappa shape index (κ3) is 3.86. The van der Waals surface area contributed by atoms with Gasteiger partial charge in [-0.1, -0.05) is 0 Å². The van der Waals surface area contributed by atoms with Gasteiger partial charge < -0.3 is 19.9 Å². The minimum atomic E-state index is -0.764. The maximum atomic E-state index is 12.7. The number of hydrogen-bond donors (Lipinski definition) is 2. The first-order valence-corrected chi connectivity index (χ1v) is 8.52. The predicted molar refractivity (Wildman–Crippen MR) is 94.1 cm³/mol. The lowest BCUT2D eigenvalue weighted by Gasteiger charge is -2.28. The number of nitrogens with one attached hydrogen (secondary N) is 1. The molecule has 0 spiro atoms. The molecule has 0 radical (unpaired) electrons. The summed E-state index contributed by atoms with van der Waals surface area (Å²) in [5.74, 6) is -0.401. The van der Waals surface area contributed by atoms with E-state index in [-0.39, 0.29) is 12.2 Å². The van der Waals surface area contributed by atoms with Gasteiger partial charge in [-0.2, -0.15) is 0 Å². The third-order valence-electron chi connectivity index (χ3n) is 4.04. The fourth-order valence-electron chi connectivity index (χ4n) is 2.82. The van der Waals surface area contributed by atoms with Crippen molar-refractivity contribution < 1.29 is 24.2 Å². The molecule has 2 atom stereocenters. The summed E-state index contributed by atoms with van der Waals surface area (Å²) in [6, 6.07) is 2.99.